The highest BCUT2D eigenvalue weighted by atomic mass is 19.1. The SMILES string of the molecule is O=C(Nc1ccc(F)cc1)NC1CCN(C(=O)c2cc(-c3ccc(O)cc3)n[nH]2)C1. The monoisotopic (exact) mass is 409 g/mol. The fourth-order valence-corrected chi connectivity index (χ4v) is 3.33. The van der Waals surface area contributed by atoms with Crippen LogP contribution in [0.25, 0.3) is 11.3 Å². The molecule has 2 heterocycles. The van der Waals surface area contributed by atoms with Gasteiger partial charge in [0, 0.05) is 30.4 Å². The molecule has 1 aliphatic heterocycles. The minimum atomic E-state index is -0.405. The summed E-state index contributed by atoms with van der Waals surface area (Å²) < 4.78 is 12.9. The van der Waals surface area contributed by atoms with Crippen LogP contribution < -0.4 is 10.6 Å². The van der Waals surface area contributed by atoms with Crippen molar-refractivity contribution in [2.45, 2.75) is 12.5 Å². The van der Waals surface area contributed by atoms with Gasteiger partial charge in [0.2, 0.25) is 0 Å². The van der Waals surface area contributed by atoms with Crippen molar-refractivity contribution in [1.29, 1.82) is 0 Å². The van der Waals surface area contributed by atoms with E-state index < -0.39 is 6.03 Å². The van der Waals surface area contributed by atoms with Crippen LogP contribution in [0.5, 0.6) is 5.75 Å². The standard InChI is InChI=1S/C21H20FN5O3/c22-14-3-5-15(6-4-14)23-21(30)24-16-9-10-27(12-16)20(29)19-11-18(25-26-19)13-1-7-17(28)8-2-13/h1-8,11,16,28H,9-10,12H2,(H,25,26)(H2,23,24,30). The van der Waals surface area contributed by atoms with E-state index in [-0.39, 0.29) is 23.5 Å². The average molecular weight is 409 g/mol. The highest BCUT2D eigenvalue weighted by molar-refractivity contribution is 5.94. The summed E-state index contributed by atoms with van der Waals surface area (Å²) in [7, 11) is 0. The lowest BCUT2D eigenvalue weighted by Crippen LogP contribution is -2.40. The van der Waals surface area contributed by atoms with E-state index in [0.29, 0.717) is 36.6 Å². The van der Waals surface area contributed by atoms with Crippen LogP contribution in [0.1, 0.15) is 16.9 Å². The lowest BCUT2D eigenvalue weighted by Gasteiger charge is -2.16. The van der Waals surface area contributed by atoms with Gasteiger partial charge in [-0.15, -0.1) is 0 Å². The van der Waals surface area contributed by atoms with Gasteiger partial charge in [-0.05, 0) is 61.0 Å². The molecule has 30 heavy (non-hydrogen) atoms. The molecule has 1 atom stereocenters. The summed E-state index contributed by atoms with van der Waals surface area (Å²) in [6.07, 6.45) is 0.627. The van der Waals surface area contributed by atoms with Crippen molar-refractivity contribution in [3.63, 3.8) is 0 Å². The first kappa shape index (κ1) is 19.4. The van der Waals surface area contributed by atoms with Crippen molar-refractivity contribution in [2.75, 3.05) is 18.4 Å². The maximum absolute atomic E-state index is 12.9. The summed E-state index contributed by atoms with van der Waals surface area (Å²) in [4.78, 5) is 26.5. The van der Waals surface area contributed by atoms with Crippen LogP contribution >= 0.6 is 0 Å². The number of benzene rings is 2. The van der Waals surface area contributed by atoms with Gasteiger partial charge in [0.15, 0.2) is 0 Å². The molecule has 0 bridgehead atoms. The van der Waals surface area contributed by atoms with E-state index in [1.54, 1.807) is 35.2 Å². The van der Waals surface area contributed by atoms with E-state index in [0.717, 1.165) is 5.56 Å². The molecule has 3 aromatic rings. The predicted octanol–water partition coefficient (Wildman–Crippen LogP) is 2.96. The number of aromatic hydroxyl groups is 1. The Morgan fingerprint density at radius 1 is 1.13 bits per heavy atom. The summed E-state index contributed by atoms with van der Waals surface area (Å²) in [5.74, 6) is -0.418. The van der Waals surface area contributed by atoms with E-state index in [9.17, 15) is 19.1 Å². The van der Waals surface area contributed by atoms with Gasteiger partial charge in [-0.3, -0.25) is 9.89 Å². The lowest BCUT2D eigenvalue weighted by molar-refractivity contribution is 0.0783. The molecular weight excluding hydrogens is 389 g/mol. The third kappa shape index (κ3) is 4.40. The van der Waals surface area contributed by atoms with E-state index in [4.69, 9.17) is 0 Å². The molecule has 1 aromatic heterocycles. The van der Waals surface area contributed by atoms with Crippen molar-refractivity contribution in [2.24, 2.45) is 0 Å². The molecule has 2 aromatic carbocycles. The number of halogens is 1. The second-order valence-electron chi connectivity index (χ2n) is 7.06. The van der Waals surface area contributed by atoms with Gasteiger partial charge in [-0.2, -0.15) is 5.10 Å². The smallest absolute Gasteiger partial charge is 0.319 e. The molecule has 1 saturated heterocycles. The van der Waals surface area contributed by atoms with Gasteiger partial charge in [0.1, 0.15) is 17.3 Å². The van der Waals surface area contributed by atoms with Gasteiger partial charge >= 0.3 is 6.03 Å². The number of urea groups is 1. The molecule has 9 heteroatoms. The zero-order valence-electron chi connectivity index (χ0n) is 15.9. The first-order chi connectivity index (χ1) is 14.5. The number of amides is 3. The van der Waals surface area contributed by atoms with Gasteiger partial charge in [0.05, 0.1) is 5.69 Å². The van der Waals surface area contributed by atoms with E-state index in [1.165, 1.54) is 24.3 Å². The van der Waals surface area contributed by atoms with E-state index in [2.05, 4.69) is 20.8 Å². The lowest BCUT2D eigenvalue weighted by atomic mass is 10.1. The molecule has 154 valence electrons. The van der Waals surface area contributed by atoms with Crippen LogP contribution in [0.3, 0.4) is 0 Å². The van der Waals surface area contributed by atoms with Gasteiger partial charge < -0.3 is 20.6 Å². The van der Waals surface area contributed by atoms with Gasteiger partial charge in [-0.25, -0.2) is 9.18 Å². The maximum atomic E-state index is 12.9. The molecule has 1 aliphatic rings. The minimum Gasteiger partial charge on any atom is -0.508 e. The Morgan fingerprint density at radius 2 is 1.87 bits per heavy atom. The van der Waals surface area contributed by atoms with Crippen molar-refractivity contribution >= 4 is 17.6 Å². The molecular formula is C21H20FN5O3. The third-order valence-corrected chi connectivity index (χ3v) is 4.88. The molecule has 1 unspecified atom stereocenters. The number of anilines is 1. The second kappa shape index (κ2) is 8.24. The Labute approximate surface area is 171 Å². The summed E-state index contributed by atoms with van der Waals surface area (Å²) in [5, 5.41) is 21.8. The number of hydrogen-bond donors (Lipinski definition) is 4. The molecule has 0 aliphatic carbocycles. The Kier molecular flexibility index (Phi) is 5.34. The molecule has 4 rings (SSSR count). The molecule has 0 saturated carbocycles. The normalized spacial score (nSPS) is 15.8. The van der Waals surface area contributed by atoms with Crippen molar-refractivity contribution in [1.82, 2.24) is 20.4 Å². The van der Waals surface area contributed by atoms with Gasteiger partial charge in [-0.1, -0.05) is 0 Å². The molecule has 3 amide bonds. The van der Waals surface area contributed by atoms with Crippen LogP contribution in [0.15, 0.2) is 54.6 Å². The topological polar surface area (TPSA) is 110 Å². The number of likely N-dealkylation sites (tertiary alicyclic amines) is 1. The summed E-state index contributed by atoms with van der Waals surface area (Å²) in [5.41, 5.74) is 2.22. The molecule has 0 spiro atoms. The Hall–Kier alpha value is -3.88. The number of H-pyrrole nitrogens is 1. The van der Waals surface area contributed by atoms with Crippen LogP contribution in [-0.2, 0) is 0 Å². The molecule has 0 radical (unpaired) electrons. The number of nitrogens with one attached hydrogen (secondary N) is 3. The number of nitrogens with zero attached hydrogens (tertiary/aromatic N) is 2. The highest BCUT2D eigenvalue weighted by Crippen LogP contribution is 2.22. The summed E-state index contributed by atoms with van der Waals surface area (Å²) >= 11 is 0. The fourth-order valence-electron chi connectivity index (χ4n) is 3.33. The quantitative estimate of drug-likeness (QED) is 0.531. The van der Waals surface area contributed by atoms with E-state index >= 15 is 0 Å². The number of rotatable bonds is 4. The number of aromatic amines is 1. The average Bonchev–Trinajstić information content (AvgIpc) is 3.40. The summed E-state index contributed by atoms with van der Waals surface area (Å²) in [6.45, 7) is 0.886. The molecule has 1 fully saturated rings. The number of carbonyl (C=O) groups excluding carboxylic acids is 2. The van der Waals surface area contributed by atoms with Crippen molar-refractivity contribution in [3.8, 4) is 17.0 Å². The van der Waals surface area contributed by atoms with Crippen molar-refractivity contribution in [3.05, 3.63) is 66.1 Å². The Bertz CT molecular complexity index is 1050. The van der Waals surface area contributed by atoms with Gasteiger partial charge in [0.25, 0.3) is 5.91 Å². The molecule has 4 N–H and O–H groups in total. The van der Waals surface area contributed by atoms with Crippen LogP contribution in [0.2, 0.25) is 0 Å². The molecule has 8 nitrogen and oxygen atoms in total. The number of aromatic nitrogens is 2. The number of hydrogen-bond acceptors (Lipinski definition) is 4. The number of phenols is 1. The van der Waals surface area contributed by atoms with E-state index in [1.807, 2.05) is 0 Å². The number of phenolic OH excluding ortho intramolecular Hbond substituents is 1. The maximum Gasteiger partial charge on any atom is 0.319 e. The number of carbonyl (C=O) groups is 2. The van der Waals surface area contributed by atoms with Crippen LogP contribution in [0, 0.1) is 5.82 Å². The zero-order valence-corrected chi connectivity index (χ0v) is 15.9. The predicted molar refractivity (Wildman–Crippen MR) is 109 cm³/mol. The van der Waals surface area contributed by atoms with Crippen molar-refractivity contribution < 1.29 is 19.1 Å². The first-order valence-corrected chi connectivity index (χ1v) is 9.45. The fraction of sp³-hybridized carbons (Fsp3) is 0.190. The third-order valence-electron chi connectivity index (χ3n) is 4.88. The van der Waals surface area contributed by atoms with Crippen LogP contribution in [0.4, 0.5) is 14.9 Å². The first-order valence-electron chi connectivity index (χ1n) is 9.45. The highest BCUT2D eigenvalue weighted by Gasteiger charge is 2.29. The Morgan fingerprint density at radius 3 is 2.60 bits per heavy atom. The zero-order chi connectivity index (χ0) is 21.1. The Balaban J connectivity index is 1.32. The second-order valence-corrected chi connectivity index (χ2v) is 7.06. The minimum absolute atomic E-state index is 0.157. The van der Waals surface area contributed by atoms with Crippen LogP contribution in [-0.4, -0.2) is 51.3 Å². The summed E-state index contributed by atoms with van der Waals surface area (Å²) in [6, 6.07) is 13.1. The largest absolute Gasteiger partial charge is 0.508 e.